The molecule has 2 aromatic carbocycles. The van der Waals surface area contributed by atoms with Crippen LogP contribution in [0.1, 0.15) is 23.1 Å². The van der Waals surface area contributed by atoms with Gasteiger partial charge in [0.15, 0.2) is 0 Å². The standard InChI is InChI=1S/C16H15Br2NO/c17-14-7-13(19)8-15(18)16(14)20-9-10-4-5-11-2-1-3-12(11)6-10/h4-8H,1-3,9,19H2. The van der Waals surface area contributed by atoms with Crippen molar-refractivity contribution in [3.05, 3.63) is 56.0 Å². The molecule has 0 aromatic heterocycles. The highest BCUT2D eigenvalue weighted by Gasteiger charge is 2.12. The molecule has 0 radical (unpaired) electrons. The van der Waals surface area contributed by atoms with Crippen LogP contribution in [-0.4, -0.2) is 0 Å². The van der Waals surface area contributed by atoms with Crippen molar-refractivity contribution in [2.45, 2.75) is 25.9 Å². The lowest BCUT2D eigenvalue weighted by Gasteiger charge is -2.12. The number of fused-ring (bicyclic) bond motifs is 1. The van der Waals surface area contributed by atoms with E-state index in [1.807, 2.05) is 12.1 Å². The first-order valence-electron chi connectivity index (χ1n) is 6.61. The summed E-state index contributed by atoms with van der Waals surface area (Å²) < 4.78 is 7.65. The highest BCUT2D eigenvalue weighted by Crippen LogP contribution is 2.36. The molecule has 4 heteroatoms. The molecule has 0 aliphatic heterocycles. The second-order valence-electron chi connectivity index (χ2n) is 5.06. The van der Waals surface area contributed by atoms with Crippen LogP contribution >= 0.6 is 31.9 Å². The van der Waals surface area contributed by atoms with Crippen molar-refractivity contribution in [2.75, 3.05) is 5.73 Å². The molecule has 0 saturated heterocycles. The van der Waals surface area contributed by atoms with Crippen LogP contribution in [0.3, 0.4) is 0 Å². The van der Waals surface area contributed by atoms with Gasteiger partial charge in [-0.1, -0.05) is 18.2 Å². The van der Waals surface area contributed by atoms with Crippen molar-refractivity contribution < 1.29 is 4.74 Å². The number of hydrogen-bond acceptors (Lipinski definition) is 2. The van der Waals surface area contributed by atoms with Crippen molar-refractivity contribution in [1.82, 2.24) is 0 Å². The smallest absolute Gasteiger partial charge is 0.148 e. The summed E-state index contributed by atoms with van der Waals surface area (Å²) in [5.74, 6) is 0.791. The highest BCUT2D eigenvalue weighted by molar-refractivity contribution is 9.11. The average molecular weight is 397 g/mol. The number of benzene rings is 2. The zero-order valence-corrected chi connectivity index (χ0v) is 14.1. The van der Waals surface area contributed by atoms with E-state index >= 15 is 0 Å². The fraction of sp³-hybridized carbons (Fsp3) is 0.250. The second-order valence-corrected chi connectivity index (χ2v) is 6.77. The molecule has 20 heavy (non-hydrogen) atoms. The first kappa shape index (κ1) is 14.0. The van der Waals surface area contributed by atoms with Gasteiger partial charge in [-0.2, -0.15) is 0 Å². The molecule has 0 spiro atoms. The Labute approximate surface area is 135 Å². The van der Waals surface area contributed by atoms with Crippen LogP contribution in [0.4, 0.5) is 5.69 Å². The summed E-state index contributed by atoms with van der Waals surface area (Å²) in [6, 6.07) is 10.4. The van der Waals surface area contributed by atoms with E-state index in [9.17, 15) is 0 Å². The molecule has 3 rings (SSSR count). The molecule has 0 fully saturated rings. The Morgan fingerprint density at radius 2 is 1.70 bits per heavy atom. The number of rotatable bonds is 3. The van der Waals surface area contributed by atoms with Gasteiger partial charge in [-0.05, 0) is 79.9 Å². The summed E-state index contributed by atoms with van der Waals surface area (Å²) in [6.07, 6.45) is 3.68. The first-order valence-corrected chi connectivity index (χ1v) is 8.20. The Bertz CT molecular complexity index is 632. The van der Waals surface area contributed by atoms with E-state index in [1.165, 1.54) is 36.0 Å². The van der Waals surface area contributed by atoms with Crippen molar-refractivity contribution in [2.24, 2.45) is 0 Å². The van der Waals surface area contributed by atoms with E-state index in [4.69, 9.17) is 10.5 Å². The number of aryl methyl sites for hydroxylation is 2. The molecular formula is C16H15Br2NO. The van der Waals surface area contributed by atoms with Gasteiger partial charge in [-0.3, -0.25) is 0 Å². The topological polar surface area (TPSA) is 35.2 Å². The normalized spacial score (nSPS) is 13.3. The van der Waals surface area contributed by atoms with Gasteiger partial charge >= 0.3 is 0 Å². The summed E-state index contributed by atoms with van der Waals surface area (Å²) in [6.45, 7) is 0.564. The van der Waals surface area contributed by atoms with Crippen LogP contribution in [0.5, 0.6) is 5.75 Å². The van der Waals surface area contributed by atoms with Gasteiger partial charge in [0.1, 0.15) is 12.4 Å². The number of nitrogens with two attached hydrogens (primary N) is 1. The molecule has 104 valence electrons. The van der Waals surface area contributed by atoms with Crippen LogP contribution in [-0.2, 0) is 19.4 Å². The van der Waals surface area contributed by atoms with Crippen LogP contribution in [0.2, 0.25) is 0 Å². The van der Waals surface area contributed by atoms with Gasteiger partial charge in [0.25, 0.3) is 0 Å². The monoisotopic (exact) mass is 395 g/mol. The van der Waals surface area contributed by atoms with E-state index < -0.39 is 0 Å². The maximum Gasteiger partial charge on any atom is 0.148 e. The summed E-state index contributed by atoms with van der Waals surface area (Å²) >= 11 is 6.97. The third-order valence-corrected chi connectivity index (χ3v) is 4.74. The molecule has 0 unspecified atom stereocenters. The molecule has 0 bridgehead atoms. The first-order chi connectivity index (χ1) is 9.63. The molecule has 2 aromatic rings. The third-order valence-electron chi connectivity index (χ3n) is 3.57. The Morgan fingerprint density at radius 3 is 2.45 bits per heavy atom. The molecule has 1 aliphatic rings. The van der Waals surface area contributed by atoms with Crippen LogP contribution in [0.15, 0.2) is 39.3 Å². The molecule has 0 atom stereocenters. The van der Waals surface area contributed by atoms with Crippen molar-refractivity contribution >= 4 is 37.5 Å². The minimum Gasteiger partial charge on any atom is -0.487 e. The van der Waals surface area contributed by atoms with E-state index in [0.717, 1.165) is 14.7 Å². The maximum absolute atomic E-state index is 5.92. The lowest BCUT2D eigenvalue weighted by atomic mass is 10.1. The van der Waals surface area contributed by atoms with Gasteiger partial charge < -0.3 is 10.5 Å². The molecule has 0 saturated carbocycles. The zero-order chi connectivity index (χ0) is 14.1. The zero-order valence-electron chi connectivity index (χ0n) is 11.0. The summed E-state index contributed by atoms with van der Waals surface area (Å²) in [5, 5.41) is 0. The van der Waals surface area contributed by atoms with E-state index in [1.54, 1.807) is 0 Å². The van der Waals surface area contributed by atoms with E-state index in [0.29, 0.717) is 12.3 Å². The fourth-order valence-electron chi connectivity index (χ4n) is 2.59. The molecule has 2 nitrogen and oxygen atoms in total. The highest BCUT2D eigenvalue weighted by atomic mass is 79.9. The SMILES string of the molecule is Nc1cc(Br)c(OCc2ccc3c(c2)CCC3)c(Br)c1. The van der Waals surface area contributed by atoms with Crippen LogP contribution < -0.4 is 10.5 Å². The number of ether oxygens (including phenoxy) is 1. The molecule has 1 aliphatic carbocycles. The Hall–Kier alpha value is -1.00. The third kappa shape index (κ3) is 2.86. The van der Waals surface area contributed by atoms with Gasteiger partial charge in [0, 0.05) is 5.69 Å². The van der Waals surface area contributed by atoms with E-state index in [-0.39, 0.29) is 0 Å². The fourth-order valence-corrected chi connectivity index (χ4v) is 4.04. The predicted octanol–water partition coefficient (Wildman–Crippen LogP) is 4.86. The van der Waals surface area contributed by atoms with Gasteiger partial charge in [0.2, 0.25) is 0 Å². The number of nitrogen functional groups attached to an aromatic ring is 1. The summed E-state index contributed by atoms with van der Waals surface area (Å²) in [5.41, 5.74) is 10.7. The van der Waals surface area contributed by atoms with Crippen molar-refractivity contribution in [3.63, 3.8) is 0 Å². The predicted molar refractivity (Wildman–Crippen MR) is 89.1 cm³/mol. The number of halogens is 2. The maximum atomic E-state index is 5.92. The molecule has 0 heterocycles. The average Bonchev–Trinajstić information content (AvgIpc) is 2.84. The number of anilines is 1. The van der Waals surface area contributed by atoms with Crippen molar-refractivity contribution in [1.29, 1.82) is 0 Å². The lowest BCUT2D eigenvalue weighted by Crippen LogP contribution is -1.99. The molecule has 2 N–H and O–H groups in total. The summed E-state index contributed by atoms with van der Waals surface area (Å²) in [4.78, 5) is 0. The minimum absolute atomic E-state index is 0.564. The van der Waals surface area contributed by atoms with Gasteiger partial charge in [-0.15, -0.1) is 0 Å². The van der Waals surface area contributed by atoms with Crippen LogP contribution in [0.25, 0.3) is 0 Å². The number of hydrogen-bond donors (Lipinski definition) is 1. The molecular weight excluding hydrogens is 382 g/mol. The Morgan fingerprint density at radius 1 is 1.00 bits per heavy atom. The minimum atomic E-state index is 0.564. The quantitative estimate of drug-likeness (QED) is 0.751. The molecule has 0 amide bonds. The van der Waals surface area contributed by atoms with E-state index in [2.05, 4.69) is 50.1 Å². The summed E-state index contributed by atoms with van der Waals surface area (Å²) in [7, 11) is 0. The Kier molecular flexibility index (Phi) is 4.03. The van der Waals surface area contributed by atoms with Crippen LogP contribution in [0, 0.1) is 0 Å². The largest absolute Gasteiger partial charge is 0.487 e. The Balaban J connectivity index is 1.77. The van der Waals surface area contributed by atoms with Gasteiger partial charge in [-0.25, -0.2) is 0 Å². The second kappa shape index (κ2) is 5.78. The van der Waals surface area contributed by atoms with Crippen molar-refractivity contribution in [3.8, 4) is 5.75 Å². The lowest BCUT2D eigenvalue weighted by molar-refractivity contribution is 0.302. The van der Waals surface area contributed by atoms with Gasteiger partial charge in [0.05, 0.1) is 8.95 Å².